The maximum absolute atomic E-state index is 5.88. The number of rotatable bonds is 5. The molecule has 102 valence electrons. The predicted octanol–water partition coefficient (Wildman–Crippen LogP) is 2.89. The molecule has 1 saturated heterocycles. The number of halogens is 1. The van der Waals surface area contributed by atoms with Gasteiger partial charge in [-0.15, -0.1) is 12.4 Å². The highest BCUT2D eigenvalue weighted by Gasteiger charge is 2.14. The first-order valence-corrected chi connectivity index (χ1v) is 6.45. The van der Waals surface area contributed by atoms with Gasteiger partial charge in [-0.05, 0) is 50.9 Å². The Bertz CT molecular complexity index is 340. The largest absolute Gasteiger partial charge is 0.490 e. The summed E-state index contributed by atoms with van der Waals surface area (Å²) in [6.45, 7) is 5.69. The number of nitrogens with one attached hydrogen (secondary N) is 1. The molecule has 0 unspecified atom stereocenters. The van der Waals surface area contributed by atoms with Crippen molar-refractivity contribution in [3.05, 3.63) is 24.3 Å². The SMILES string of the molecule is CCOc1ccccc1OCC1CCNCC1.Cl. The Kier molecular flexibility index (Phi) is 6.91. The molecule has 18 heavy (non-hydrogen) atoms. The van der Waals surface area contributed by atoms with Crippen molar-refractivity contribution in [3.8, 4) is 11.5 Å². The van der Waals surface area contributed by atoms with Crippen LogP contribution >= 0.6 is 12.4 Å². The molecule has 0 bridgehead atoms. The van der Waals surface area contributed by atoms with Crippen molar-refractivity contribution in [1.29, 1.82) is 0 Å². The third-order valence-corrected chi connectivity index (χ3v) is 3.08. The summed E-state index contributed by atoms with van der Waals surface area (Å²) in [6.07, 6.45) is 2.41. The molecule has 1 aromatic carbocycles. The lowest BCUT2D eigenvalue weighted by Gasteiger charge is -2.23. The Morgan fingerprint density at radius 1 is 1.11 bits per heavy atom. The van der Waals surface area contributed by atoms with Gasteiger partial charge in [0.05, 0.1) is 13.2 Å². The van der Waals surface area contributed by atoms with Gasteiger partial charge in [0.25, 0.3) is 0 Å². The monoisotopic (exact) mass is 271 g/mol. The highest BCUT2D eigenvalue weighted by Crippen LogP contribution is 2.27. The fourth-order valence-corrected chi connectivity index (χ4v) is 2.10. The molecular weight excluding hydrogens is 250 g/mol. The van der Waals surface area contributed by atoms with E-state index in [-0.39, 0.29) is 12.4 Å². The van der Waals surface area contributed by atoms with Gasteiger partial charge in [0.1, 0.15) is 0 Å². The van der Waals surface area contributed by atoms with E-state index in [1.165, 1.54) is 12.8 Å². The Balaban J connectivity index is 0.00000162. The summed E-state index contributed by atoms with van der Waals surface area (Å²) in [5.74, 6) is 2.39. The van der Waals surface area contributed by atoms with Crippen molar-refractivity contribution >= 4 is 12.4 Å². The minimum atomic E-state index is 0. The van der Waals surface area contributed by atoms with Crippen LogP contribution in [0.5, 0.6) is 11.5 Å². The molecule has 3 nitrogen and oxygen atoms in total. The van der Waals surface area contributed by atoms with E-state index in [1.807, 2.05) is 31.2 Å². The van der Waals surface area contributed by atoms with Crippen LogP contribution in [-0.2, 0) is 0 Å². The zero-order valence-electron chi connectivity index (χ0n) is 10.9. The summed E-state index contributed by atoms with van der Waals surface area (Å²) >= 11 is 0. The average Bonchev–Trinajstić information content (AvgIpc) is 2.39. The average molecular weight is 272 g/mol. The minimum Gasteiger partial charge on any atom is -0.490 e. The first-order valence-electron chi connectivity index (χ1n) is 6.45. The van der Waals surface area contributed by atoms with Crippen molar-refractivity contribution in [2.24, 2.45) is 5.92 Å². The van der Waals surface area contributed by atoms with Crippen LogP contribution in [0, 0.1) is 5.92 Å². The summed E-state index contributed by atoms with van der Waals surface area (Å²) in [4.78, 5) is 0. The highest BCUT2D eigenvalue weighted by atomic mass is 35.5. The van der Waals surface area contributed by atoms with Gasteiger partial charge in [-0.25, -0.2) is 0 Å². The molecule has 0 spiro atoms. The first-order chi connectivity index (χ1) is 8.40. The second-order valence-corrected chi connectivity index (χ2v) is 4.38. The Morgan fingerprint density at radius 3 is 2.33 bits per heavy atom. The number of benzene rings is 1. The Hall–Kier alpha value is -0.930. The summed E-state index contributed by atoms with van der Waals surface area (Å²) in [5.41, 5.74) is 0. The maximum atomic E-state index is 5.88. The van der Waals surface area contributed by atoms with E-state index >= 15 is 0 Å². The normalized spacial score (nSPS) is 15.8. The van der Waals surface area contributed by atoms with Crippen LogP contribution in [0.15, 0.2) is 24.3 Å². The van der Waals surface area contributed by atoms with Gasteiger partial charge >= 0.3 is 0 Å². The maximum Gasteiger partial charge on any atom is 0.161 e. The number of para-hydroxylation sites is 2. The molecule has 1 aromatic rings. The zero-order chi connectivity index (χ0) is 11.9. The van der Waals surface area contributed by atoms with Crippen LogP contribution in [0.3, 0.4) is 0 Å². The van der Waals surface area contributed by atoms with Crippen LogP contribution in [0.4, 0.5) is 0 Å². The summed E-state index contributed by atoms with van der Waals surface area (Å²) in [5, 5.41) is 3.36. The molecule has 1 aliphatic rings. The standard InChI is InChI=1S/C14H21NO2.ClH/c1-2-16-13-5-3-4-6-14(13)17-11-12-7-9-15-10-8-12;/h3-6,12,15H,2,7-11H2,1H3;1H. The predicted molar refractivity (Wildman–Crippen MR) is 75.9 cm³/mol. The molecule has 4 heteroatoms. The Labute approximate surface area is 115 Å². The lowest BCUT2D eigenvalue weighted by atomic mass is 9.99. The van der Waals surface area contributed by atoms with Crippen LogP contribution in [0.1, 0.15) is 19.8 Å². The van der Waals surface area contributed by atoms with E-state index in [4.69, 9.17) is 9.47 Å². The van der Waals surface area contributed by atoms with Crippen molar-refractivity contribution in [1.82, 2.24) is 5.32 Å². The van der Waals surface area contributed by atoms with Crippen molar-refractivity contribution in [2.45, 2.75) is 19.8 Å². The van der Waals surface area contributed by atoms with Crippen molar-refractivity contribution in [2.75, 3.05) is 26.3 Å². The number of piperidine rings is 1. The molecule has 0 amide bonds. The quantitative estimate of drug-likeness (QED) is 0.893. The second kappa shape index (κ2) is 8.22. The first kappa shape index (κ1) is 15.1. The minimum absolute atomic E-state index is 0. The van der Waals surface area contributed by atoms with E-state index in [2.05, 4.69) is 5.32 Å². The van der Waals surface area contributed by atoms with E-state index < -0.39 is 0 Å². The van der Waals surface area contributed by atoms with E-state index in [0.29, 0.717) is 12.5 Å². The summed E-state index contributed by atoms with van der Waals surface area (Å²) in [7, 11) is 0. The van der Waals surface area contributed by atoms with Gasteiger partial charge in [0.15, 0.2) is 11.5 Å². The fraction of sp³-hybridized carbons (Fsp3) is 0.571. The van der Waals surface area contributed by atoms with Gasteiger partial charge in [0, 0.05) is 0 Å². The molecule has 1 fully saturated rings. The summed E-state index contributed by atoms with van der Waals surface area (Å²) in [6, 6.07) is 7.90. The Morgan fingerprint density at radius 2 is 1.72 bits per heavy atom. The molecule has 2 rings (SSSR count). The molecule has 0 aliphatic carbocycles. The van der Waals surface area contributed by atoms with Crippen LogP contribution in [-0.4, -0.2) is 26.3 Å². The van der Waals surface area contributed by atoms with Crippen LogP contribution < -0.4 is 14.8 Å². The van der Waals surface area contributed by atoms with E-state index in [9.17, 15) is 0 Å². The van der Waals surface area contributed by atoms with Crippen molar-refractivity contribution in [3.63, 3.8) is 0 Å². The van der Waals surface area contributed by atoms with Gasteiger partial charge in [-0.2, -0.15) is 0 Å². The molecule has 1 aliphatic heterocycles. The van der Waals surface area contributed by atoms with Gasteiger partial charge < -0.3 is 14.8 Å². The van der Waals surface area contributed by atoms with E-state index in [1.54, 1.807) is 0 Å². The smallest absolute Gasteiger partial charge is 0.161 e. The molecule has 0 atom stereocenters. The number of ether oxygens (including phenoxy) is 2. The van der Waals surface area contributed by atoms with Gasteiger partial charge in [0.2, 0.25) is 0 Å². The van der Waals surface area contributed by atoms with Crippen LogP contribution in [0.2, 0.25) is 0 Å². The molecule has 1 heterocycles. The summed E-state index contributed by atoms with van der Waals surface area (Å²) < 4.78 is 11.4. The highest BCUT2D eigenvalue weighted by molar-refractivity contribution is 5.85. The topological polar surface area (TPSA) is 30.5 Å². The molecule has 1 N–H and O–H groups in total. The van der Waals surface area contributed by atoms with Crippen molar-refractivity contribution < 1.29 is 9.47 Å². The van der Waals surface area contributed by atoms with Crippen LogP contribution in [0.25, 0.3) is 0 Å². The fourth-order valence-electron chi connectivity index (χ4n) is 2.10. The molecule has 0 saturated carbocycles. The zero-order valence-corrected chi connectivity index (χ0v) is 11.7. The molecule has 0 radical (unpaired) electrons. The lowest BCUT2D eigenvalue weighted by Crippen LogP contribution is -2.30. The molecule has 0 aromatic heterocycles. The van der Waals surface area contributed by atoms with Gasteiger partial charge in [-0.3, -0.25) is 0 Å². The van der Waals surface area contributed by atoms with Gasteiger partial charge in [-0.1, -0.05) is 12.1 Å². The third-order valence-electron chi connectivity index (χ3n) is 3.08. The lowest BCUT2D eigenvalue weighted by molar-refractivity contribution is 0.205. The third kappa shape index (κ3) is 4.39. The number of hydrogen-bond donors (Lipinski definition) is 1. The number of hydrogen-bond acceptors (Lipinski definition) is 3. The second-order valence-electron chi connectivity index (χ2n) is 4.38. The van der Waals surface area contributed by atoms with E-state index in [0.717, 1.165) is 31.2 Å². The molecular formula is C14H22ClNO2.